The Balaban J connectivity index is 1.89. The maximum absolute atomic E-state index is 6.39. The third-order valence-corrected chi connectivity index (χ3v) is 6.28. The molecule has 2 aromatic heterocycles. The smallest absolute Gasteiger partial charge is 0.191 e. The van der Waals surface area contributed by atoms with Gasteiger partial charge >= 0.3 is 0 Å². The first-order valence-electron chi connectivity index (χ1n) is 8.42. The fourth-order valence-electron chi connectivity index (χ4n) is 2.51. The second-order valence-electron chi connectivity index (χ2n) is 6.31. The van der Waals surface area contributed by atoms with Gasteiger partial charge < -0.3 is 4.57 Å². The summed E-state index contributed by atoms with van der Waals surface area (Å²) in [5, 5.41) is 14.2. The van der Waals surface area contributed by atoms with Crippen molar-refractivity contribution in [2.24, 2.45) is 5.92 Å². The summed E-state index contributed by atoms with van der Waals surface area (Å²) >= 11 is 15.8. The molecule has 0 radical (unpaired) electrons. The average Bonchev–Trinajstić information content (AvgIpc) is 3.20. The van der Waals surface area contributed by atoms with Gasteiger partial charge in [0.25, 0.3) is 0 Å². The van der Waals surface area contributed by atoms with Crippen molar-refractivity contribution < 1.29 is 0 Å². The van der Waals surface area contributed by atoms with Gasteiger partial charge in [0.15, 0.2) is 11.0 Å². The van der Waals surface area contributed by atoms with Crippen LogP contribution in [0, 0.1) is 5.92 Å². The number of aromatic nitrogens is 4. The van der Waals surface area contributed by atoms with E-state index in [0.717, 1.165) is 46.0 Å². The van der Waals surface area contributed by atoms with Gasteiger partial charge in [-0.3, -0.25) is 0 Å². The molecule has 3 aromatic rings. The number of hydrogen-bond acceptors (Lipinski definition) is 5. The number of benzene rings is 1. The van der Waals surface area contributed by atoms with Gasteiger partial charge in [0.2, 0.25) is 0 Å². The lowest BCUT2D eigenvalue weighted by atomic mass is 10.2. The molecule has 26 heavy (non-hydrogen) atoms. The number of nitrogens with zero attached hydrogens (tertiary/aromatic N) is 4. The first-order valence-corrected chi connectivity index (χ1v) is 11.0. The Morgan fingerprint density at radius 2 is 2.04 bits per heavy atom. The maximum Gasteiger partial charge on any atom is 0.191 e. The van der Waals surface area contributed by atoms with Crippen LogP contribution >= 0.6 is 46.3 Å². The SMILES string of the molecule is CCc1nc(CSc2nnc(-c3ccc(Cl)cc3Cl)n2CC(C)C)cs1. The van der Waals surface area contributed by atoms with Crippen molar-refractivity contribution in [1.82, 2.24) is 19.7 Å². The molecule has 0 fully saturated rings. The van der Waals surface area contributed by atoms with Crippen LogP contribution in [0.3, 0.4) is 0 Å². The van der Waals surface area contributed by atoms with Crippen molar-refractivity contribution in [2.45, 2.75) is 44.6 Å². The van der Waals surface area contributed by atoms with Crippen molar-refractivity contribution in [3.05, 3.63) is 44.3 Å². The Bertz CT molecular complexity index is 889. The molecule has 0 spiro atoms. The maximum atomic E-state index is 6.39. The van der Waals surface area contributed by atoms with Crippen molar-refractivity contribution >= 4 is 46.3 Å². The fourth-order valence-corrected chi connectivity index (χ4v) is 4.69. The second kappa shape index (κ2) is 8.74. The van der Waals surface area contributed by atoms with Crippen LogP contribution in [0.15, 0.2) is 28.7 Å². The zero-order valence-electron chi connectivity index (χ0n) is 14.9. The molecule has 0 bridgehead atoms. The summed E-state index contributed by atoms with van der Waals surface area (Å²) in [4.78, 5) is 4.63. The van der Waals surface area contributed by atoms with Gasteiger partial charge in [0.05, 0.1) is 15.7 Å². The van der Waals surface area contributed by atoms with Gasteiger partial charge in [0.1, 0.15) is 0 Å². The molecule has 2 heterocycles. The van der Waals surface area contributed by atoms with Crippen LogP contribution in [0.5, 0.6) is 0 Å². The zero-order valence-corrected chi connectivity index (χ0v) is 18.0. The van der Waals surface area contributed by atoms with E-state index in [0.29, 0.717) is 16.0 Å². The second-order valence-corrected chi connectivity index (χ2v) is 9.04. The zero-order chi connectivity index (χ0) is 18.7. The molecule has 3 rings (SSSR count). The molecule has 0 saturated heterocycles. The standard InChI is InChI=1S/C18H20Cl2N4S2/c1-4-16-21-13(9-25-16)10-26-18-23-22-17(24(18)8-11(2)3)14-6-5-12(19)7-15(14)20/h5-7,9,11H,4,8,10H2,1-3H3. The highest BCUT2D eigenvalue weighted by atomic mass is 35.5. The molecule has 0 aliphatic heterocycles. The molecule has 0 N–H and O–H groups in total. The van der Waals surface area contributed by atoms with Crippen molar-refractivity contribution in [3.8, 4) is 11.4 Å². The molecule has 0 saturated carbocycles. The van der Waals surface area contributed by atoms with Gasteiger partial charge in [0, 0.05) is 28.3 Å². The minimum absolute atomic E-state index is 0.459. The molecule has 0 amide bonds. The Morgan fingerprint density at radius 3 is 2.69 bits per heavy atom. The third-order valence-electron chi connectivity index (χ3n) is 3.69. The van der Waals surface area contributed by atoms with Crippen LogP contribution in [0.25, 0.3) is 11.4 Å². The van der Waals surface area contributed by atoms with Gasteiger partial charge in [-0.2, -0.15) is 0 Å². The quantitative estimate of drug-likeness (QED) is 0.420. The van der Waals surface area contributed by atoms with E-state index in [1.165, 1.54) is 0 Å². The molecule has 0 aliphatic rings. The van der Waals surface area contributed by atoms with Gasteiger partial charge in [-0.25, -0.2) is 4.98 Å². The van der Waals surface area contributed by atoms with Crippen LogP contribution in [0.1, 0.15) is 31.5 Å². The Morgan fingerprint density at radius 1 is 1.23 bits per heavy atom. The molecule has 8 heteroatoms. The van der Waals surface area contributed by atoms with E-state index >= 15 is 0 Å². The first-order chi connectivity index (χ1) is 12.5. The number of thiazole rings is 1. The number of halogens is 2. The highest BCUT2D eigenvalue weighted by Crippen LogP contribution is 2.32. The lowest BCUT2D eigenvalue weighted by Gasteiger charge is -2.13. The van der Waals surface area contributed by atoms with Crippen LogP contribution in [0.2, 0.25) is 10.0 Å². The van der Waals surface area contributed by atoms with E-state index in [2.05, 4.69) is 45.9 Å². The normalized spacial score (nSPS) is 11.5. The largest absolute Gasteiger partial charge is 0.302 e. The lowest BCUT2D eigenvalue weighted by molar-refractivity contribution is 0.498. The first kappa shape index (κ1) is 19.7. The predicted molar refractivity (Wildman–Crippen MR) is 111 cm³/mol. The van der Waals surface area contributed by atoms with Gasteiger partial charge in [-0.15, -0.1) is 21.5 Å². The molecule has 0 unspecified atom stereocenters. The van der Waals surface area contributed by atoms with E-state index in [4.69, 9.17) is 23.2 Å². The molecular formula is C18H20Cl2N4S2. The number of hydrogen-bond donors (Lipinski definition) is 0. The van der Waals surface area contributed by atoms with Gasteiger partial charge in [-0.05, 0) is 30.5 Å². The molecule has 138 valence electrons. The summed E-state index contributed by atoms with van der Waals surface area (Å²) in [6, 6.07) is 5.46. The number of thioether (sulfide) groups is 1. The minimum atomic E-state index is 0.459. The van der Waals surface area contributed by atoms with Crippen LogP contribution in [-0.4, -0.2) is 19.7 Å². The molecule has 4 nitrogen and oxygen atoms in total. The number of aryl methyl sites for hydroxylation is 1. The molecule has 1 aromatic carbocycles. The van der Waals surface area contributed by atoms with E-state index in [-0.39, 0.29) is 0 Å². The third kappa shape index (κ3) is 4.60. The monoisotopic (exact) mass is 426 g/mol. The summed E-state index contributed by atoms with van der Waals surface area (Å²) in [5.41, 5.74) is 1.93. The summed E-state index contributed by atoms with van der Waals surface area (Å²) < 4.78 is 2.14. The van der Waals surface area contributed by atoms with Gasteiger partial charge in [-0.1, -0.05) is 55.7 Å². The number of rotatable bonds is 7. The fraction of sp³-hybridized carbons (Fsp3) is 0.389. The Hall–Kier alpha value is -1.08. The highest BCUT2D eigenvalue weighted by molar-refractivity contribution is 7.98. The minimum Gasteiger partial charge on any atom is -0.302 e. The van der Waals surface area contributed by atoms with E-state index in [9.17, 15) is 0 Å². The Kier molecular flexibility index (Phi) is 6.61. The van der Waals surface area contributed by atoms with Crippen LogP contribution < -0.4 is 0 Å². The Labute approximate surface area is 172 Å². The summed E-state index contributed by atoms with van der Waals surface area (Å²) in [6.07, 6.45) is 0.970. The molecular weight excluding hydrogens is 407 g/mol. The highest BCUT2D eigenvalue weighted by Gasteiger charge is 2.18. The van der Waals surface area contributed by atoms with Crippen molar-refractivity contribution in [1.29, 1.82) is 0 Å². The predicted octanol–water partition coefficient (Wildman–Crippen LogP) is 6.22. The summed E-state index contributed by atoms with van der Waals surface area (Å²) in [5.74, 6) is 2.01. The molecule has 0 atom stereocenters. The van der Waals surface area contributed by atoms with Crippen LogP contribution in [0.4, 0.5) is 0 Å². The average molecular weight is 427 g/mol. The van der Waals surface area contributed by atoms with E-state index in [1.807, 2.05) is 12.1 Å². The lowest BCUT2D eigenvalue weighted by Crippen LogP contribution is -2.08. The van der Waals surface area contributed by atoms with Crippen molar-refractivity contribution in [3.63, 3.8) is 0 Å². The summed E-state index contributed by atoms with van der Waals surface area (Å²) in [7, 11) is 0. The topological polar surface area (TPSA) is 43.6 Å². The van der Waals surface area contributed by atoms with E-state index < -0.39 is 0 Å². The molecule has 0 aliphatic carbocycles. The van der Waals surface area contributed by atoms with Crippen LogP contribution in [-0.2, 0) is 18.7 Å². The van der Waals surface area contributed by atoms with Crippen molar-refractivity contribution in [2.75, 3.05) is 0 Å². The van der Waals surface area contributed by atoms with E-state index in [1.54, 1.807) is 29.2 Å². The summed E-state index contributed by atoms with van der Waals surface area (Å²) in [6.45, 7) is 7.29.